The quantitative estimate of drug-likeness (QED) is 0.672. The Morgan fingerprint density at radius 1 is 1.14 bits per heavy atom. The minimum atomic E-state index is -0.506. The molecule has 0 amide bonds. The first-order chi connectivity index (χ1) is 10.0. The fraction of sp³-hybridized carbons (Fsp3) is 0.200. The van der Waals surface area contributed by atoms with Crippen molar-refractivity contribution in [3.05, 3.63) is 58.1 Å². The smallest absolute Gasteiger partial charge is 0.315 e. The highest BCUT2D eigenvalue weighted by Crippen LogP contribution is 2.34. The number of hydrogen-bond donors (Lipinski definition) is 1. The maximum absolute atomic E-state index is 11.1. The van der Waals surface area contributed by atoms with E-state index in [2.05, 4.69) is 0 Å². The summed E-state index contributed by atoms with van der Waals surface area (Å²) in [6.07, 6.45) is 0. The Bertz CT molecular complexity index is 639. The monoisotopic (exact) mass is 288 g/mol. The molecule has 2 N–H and O–H groups in total. The molecule has 0 aliphatic carbocycles. The molecule has 0 fully saturated rings. The highest BCUT2D eigenvalue weighted by Gasteiger charge is 2.17. The molecule has 6 nitrogen and oxygen atoms in total. The number of nitrogens with zero attached hydrogens (tertiary/aromatic N) is 1. The van der Waals surface area contributed by atoms with Crippen LogP contribution in [0.1, 0.15) is 18.5 Å². The minimum absolute atomic E-state index is 0.0747. The minimum Gasteiger partial charge on any atom is -0.496 e. The van der Waals surface area contributed by atoms with E-state index in [1.165, 1.54) is 19.2 Å². The number of ether oxygens (including phenoxy) is 2. The number of rotatable bonds is 5. The van der Waals surface area contributed by atoms with Gasteiger partial charge in [-0.15, -0.1) is 0 Å². The van der Waals surface area contributed by atoms with Crippen LogP contribution >= 0.6 is 0 Å². The fourth-order valence-electron chi connectivity index (χ4n) is 1.82. The van der Waals surface area contributed by atoms with Gasteiger partial charge in [-0.1, -0.05) is 12.1 Å². The molecule has 0 saturated carbocycles. The zero-order valence-corrected chi connectivity index (χ0v) is 11.8. The molecule has 2 aromatic rings. The predicted molar refractivity (Wildman–Crippen MR) is 78.8 cm³/mol. The standard InChI is InChI=1S/C15H16N2O4/c1-10(16)11-3-5-12(6-4-11)21-15-8-7-13(20-2)9-14(15)17(18)19/h3-10H,16H2,1-2H3/t10-/m1/s1. The van der Waals surface area contributed by atoms with Gasteiger partial charge in [0.25, 0.3) is 0 Å². The van der Waals surface area contributed by atoms with Gasteiger partial charge in [0.2, 0.25) is 5.75 Å². The summed E-state index contributed by atoms with van der Waals surface area (Å²) in [4.78, 5) is 10.6. The second kappa shape index (κ2) is 6.23. The van der Waals surface area contributed by atoms with Crippen molar-refractivity contribution in [3.63, 3.8) is 0 Å². The van der Waals surface area contributed by atoms with Gasteiger partial charge >= 0.3 is 5.69 Å². The van der Waals surface area contributed by atoms with Crippen molar-refractivity contribution in [2.75, 3.05) is 7.11 Å². The van der Waals surface area contributed by atoms with Gasteiger partial charge in [0.1, 0.15) is 11.5 Å². The van der Waals surface area contributed by atoms with Crippen LogP contribution in [-0.2, 0) is 0 Å². The van der Waals surface area contributed by atoms with Gasteiger partial charge in [0, 0.05) is 6.04 Å². The molecule has 0 aromatic heterocycles. The summed E-state index contributed by atoms with van der Waals surface area (Å²) in [5, 5.41) is 11.1. The van der Waals surface area contributed by atoms with Gasteiger partial charge in [-0.25, -0.2) is 0 Å². The number of nitrogens with two attached hydrogens (primary N) is 1. The Kier molecular flexibility index (Phi) is 4.39. The van der Waals surface area contributed by atoms with E-state index in [0.29, 0.717) is 11.5 Å². The maximum atomic E-state index is 11.1. The molecule has 2 rings (SSSR count). The summed E-state index contributed by atoms with van der Waals surface area (Å²) in [5.74, 6) is 1.07. The Hall–Kier alpha value is -2.60. The molecule has 0 aliphatic rings. The molecule has 110 valence electrons. The van der Waals surface area contributed by atoms with Crippen LogP contribution in [0.15, 0.2) is 42.5 Å². The van der Waals surface area contributed by atoms with E-state index in [1.54, 1.807) is 18.2 Å². The van der Waals surface area contributed by atoms with Crippen molar-refractivity contribution in [3.8, 4) is 17.2 Å². The van der Waals surface area contributed by atoms with Crippen LogP contribution in [0.25, 0.3) is 0 Å². The van der Waals surface area contributed by atoms with Crippen molar-refractivity contribution in [1.82, 2.24) is 0 Å². The van der Waals surface area contributed by atoms with Gasteiger partial charge in [0.05, 0.1) is 18.1 Å². The predicted octanol–water partition coefficient (Wildman–Crippen LogP) is 3.42. The normalized spacial score (nSPS) is 11.8. The third-order valence-corrected chi connectivity index (χ3v) is 3.00. The summed E-state index contributed by atoms with van der Waals surface area (Å²) >= 11 is 0. The highest BCUT2D eigenvalue weighted by molar-refractivity contribution is 5.52. The molecule has 0 unspecified atom stereocenters. The molecule has 0 aliphatic heterocycles. The average Bonchev–Trinajstić information content (AvgIpc) is 2.48. The van der Waals surface area contributed by atoms with Crippen LogP contribution in [0.2, 0.25) is 0 Å². The summed E-state index contributed by atoms with van der Waals surface area (Å²) in [6.45, 7) is 1.88. The summed E-state index contributed by atoms with van der Waals surface area (Å²) < 4.78 is 10.5. The number of methoxy groups -OCH3 is 1. The Labute approximate surface area is 122 Å². The van der Waals surface area contributed by atoms with Crippen LogP contribution < -0.4 is 15.2 Å². The van der Waals surface area contributed by atoms with Crippen LogP contribution in [0.3, 0.4) is 0 Å². The van der Waals surface area contributed by atoms with E-state index >= 15 is 0 Å². The third-order valence-electron chi connectivity index (χ3n) is 3.00. The Morgan fingerprint density at radius 3 is 2.29 bits per heavy atom. The molecule has 2 aromatic carbocycles. The van der Waals surface area contributed by atoms with Crippen LogP contribution in [-0.4, -0.2) is 12.0 Å². The van der Waals surface area contributed by atoms with Gasteiger partial charge in [-0.05, 0) is 36.8 Å². The van der Waals surface area contributed by atoms with Crippen LogP contribution in [0.5, 0.6) is 17.2 Å². The summed E-state index contributed by atoms with van der Waals surface area (Å²) in [7, 11) is 1.45. The molecule has 6 heteroatoms. The third kappa shape index (κ3) is 3.49. The molecule has 0 radical (unpaired) electrons. The lowest BCUT2D eigenvalue weighted by atomic mass is 10.1. The Morgan fingerprint density at radius 2 is 1.76 bits per heavy atom. The second-order valence-electron chi connectivity index (χ2n) is 4.55. The van der Waals surface area contributed by atoms with Gasteiger partial charge in [0.15, 0.2) is 0 Å². The molecule has 21 heavy (non-hydrogen) atoms. The van der Waals surface area contributed by atoms with Gasteiger partial charge in [-0.3, -0.25) is 10.1 Å². The molecule has 0 spiro atoms. The summed E-state index contributed by atoms with van der Waals surface area (Å²) in [6, 6.07) is 11.5. The lowest BCUT2D eigenvalue weighted by Gasteiger charge is -2.09. The van der Waals surface area contributed by atoms with Crippen LogP contribution in [0, 0.1) is 10.1 Å². The number of benzene rings is 2. The van der Waals surface area contributed by atoms with Crippen molar-refractivity contribution < 1.29 is 14.4 Å². The average molecular weight is 288 g/mol. The molecule has 1 atom stereocenters. The SMILES string of the molecule is COc1ccc(Oc2ccc([C@@H](C)N)cc2)c([N+](=O)[O-])c1. The zero-order valence-electron chi connectivity index (χ0n) is 11.8. The second-order valence-corrected chi connectivity index (χ2v) is 4.55. The molecule has 0 bridgehead atoms. The highest BCUT2D eigenvalue weighted by atomic mass is 16.6. The number of hydrogen-bond acceptors (Lipinski definition) is 5. The van der Waals surface area contributed by atoms with E-state index in [4.69, 9.17) is 15.2 Å². The zero-order chi connectivity index (χ0) is 15.4. The maximum Gasteiger partial charge on any atom is 0.315 e. The van der Waals surface area contributed by atoms with Crippen LogP contribution in [0.4, 0.5) is 5.69 Å². The molecular weight excluding hydrogens is 272 g/mol. The first-order valence-electron chi connectivity index (χ1n) is 6.37. The first-order valence-corrected chi connectivity index (χ1v) is 6.37. The topological polar surface area (TPSA) is 87.6 Å². The largest absolute Gasteiger partial charge is 0.496 e. The van der Waals surface area contributed by atoms with Crippen molar-refractivity contribution >= 4 is 5.69 Å². The lowest BCUT2D eigenvalue weighted by molar-refractivity contribution is -0.385. The lowest BCUT2D eigenvalue weighted by Crippen LogP contribution is -2.04. The molecular formula is C15H16N2O4. The van der Waals surface area contributed by atoms with E-state index in [0.717, 1.165) is 5.56 Å². The van der Waals surface area contributed by atoms with Crippen molar-refractivity contribution in [1.29, 1.82) is 0 Å². The van der Waals surface area contributed by atoms with E-state index in [-0.39, 0.29) is 17.5 Å². The number of nitro benzene ring substituents is 1. The number of nitro groups is 1. The Balaban J connectivity index is 2.28. The van der Waals surface area contributed by atoms with Crippen molar-refractivity contribution in [2.45, 2.75) is 13.0 Å². The first kappa shape index (κ1) is 14.8. The van der Waals surface area contributed by atoms with Gasteiger partial charge < -0.3 is 15.2 Å². The molecule has 0 saturated heterocycles. The van der Waals surface area contributed by atoms with E-state index < -0.39 is 4.92 Å². The fourth-order valence-corrected chi connectivity index (χ4v) is 1.82. The van der Waals surface area contributed by atoms with E-state index in [9.17, 15) is 10.1 Å². The van der Waals surface area contributed by atoms with Gasteiger partial charge in [-0.2, -0.15) is 0 Å². The van der Waals surface area contributed by atoms with Crippen molar-refractivity contribution in [2.24, 2.45) is 5.73 Å². The summed E-state index contributed by atoms with van der Waals surface area (Å²) in [5.41, 5.74) is 6.58. The molecule has 0 heterocycles. The van der Waals surface area contributed by atoms with E-state index in [1.807, 2.05) is 19.1 Å².